The van der Waals surface area contributed by atoms with E-state index in [1.54, 1.807) is 7.11 Å². The zero-order valence-corrected chi connectivity index (χ0v) is 14.6. The van der Waals surface area contributed by atoms with Crippen LogP contribution in [-0.2, 0) is 17.6 Å². The molecule has 1 heterocycles. The number of carbonyl (C=O) groups is 1. The van der Waals surface area contributed by atoms with Crippen LogP contribution in [0.4, 0.5) is 5.69 Å². The third-order valence-electron chi connectivity index (χ3n) is 5.08. The zero-order chi connectivity index (χ0) is 17.4. The average molecular weight is 334 g/mol. The third-order valence-corrected chi connectivity index (χ3v) is 5.08. The first-order valence-electron chi connectivity index (χ1n) is 8.69. The maximum Gasteiger partial charge on any atom is 0.227 e. The Hall–Kier alpha value is -2.75. The van der Waals surface area contributed by atoms with E-state index < -0.39 is 0 Å². The molecule has 128 valence electrons. The summed E-state index contributed by atoms with van der Waals surface area (Å²) >= 11 is 0. The maximum atomic E-state index is 12.8. The summed E-state index contributed by atoms with van der Waals surface area (Å²) < 4.78 is 5.37. The number of anilines is 1. The van der Waals surface area contributed by atoms with Crippen molar-refractivity contribution in [3.63, 3.8) is 0 Å². The van der Waals surface area contributed by atoms with Crippen LogP contribution >= 0.6 is 0 Å². The number of benzene rings is 2. The van der Waals surface area contributed by atoms with Crippen LogP contribution in [0.2, 0.25) is 0 Å². The second-order valence-electron chi connectivity index (χ2n) is 6.76. The van der Waals surface area contributed by atoms with Crippen molar-refractivity contribution < 1.29 is 9.53 Å². The summed E-state index contributed by atoms with van der Waals surface area (Å²) in [6.07, 6.45) is 2.55. The fourth-order valence-corrected chi connectivity index (χ4v) is 3.75. The molecule has 1 aliphatic rings. The summed E-state index contributed by atoms with van der Waals surface area (Å²) in [6, 6.07) is 14.2. The van der Waals surface area contributed by atoms with Crippen LogP contribution < -0.4 is 10.1 Å². The van der Waals surface area contributed by atoms with Gasteiger partial charge < -0.3 is 15.0 Å². The highest BCUT2D eigenvalue weighted by Crippen LogP contribution is 2.33. The number of aryl methyl sites for hydroxylation is 2. The number of rotatable bonds is 3. The number of amides is 1. The molecule has 4 heteroatoms. The molecule has 0 fully saturated rings. The van der Waals surface area contributed by atoms with E-state index in [-0.39, 0.29) is 11.8 Å². The van der Waals surface area contributed by atoms with E-state index in [0.717, 1.165) is 36.0 Å². The van der Waals surface area contributed by atoms with Gasteiger partial charge in [0.25, 0.3) is 0 Å². The number of carbonyl (C=O) groups excluding carboxylic acids is 1. The van der Waals surface area contributed by atoms with Gasteiger partial charge in [-0.3, -0.25) is 4.79 Å². The van der Waals surface area contributed by atoms with E-state index in [4.69, 9.17) is 4.74 Å². The Kier molecular flexibility index (Phi) is 3.96. The monoisotopic (exact) mass is 334 g/mol. The number of ether oxygens (including phenoxy) is 1. The predicted octanol–water partition coefficient (Wildman–Crippen LogP) is 4.23. The Bertz CT molecular complexity index is 942. The van der Waals surface area contributed by atoms with Gasteiger partial charge in [-0.05, 0) is 55.5 Å². The summed E-state index contributed by atoms with van der Waals surface area (Å²) in [5, 5.41) is 4.31. The van der Waals surface area contributed by atoms with Crippen LogP contribution in [0.5, 0.6) is 5.75 Å². The smallest absolute Gasteiger partial charge is 0.227 e. The molecule has 0 saturated heterocycles. The van der Waals surface area contributed by atoms with Gasteiger partial charge in [-0.1, -0.05) is 24.3 Å². The van der Waals surface area contributed by atoms with Crippen molar-refractivity contribution in [2.24, 2.45) is 5.92 Å². The van der Waals surface area contributed by atoms with E-state index >= 15 is 0 Å². The normalized spacial score (nSPS) is 16.5. The van der Waals surface area contributed by atoms with Crippen LogP contribution in [0.15, 0.2) is 42.5 Å². The Labute approximate surface area is 147 Å². The molecule has 1 amide bonds. The number of aromatic nitrogens is 1. The summed E-state index contributed by atoms with van der Waals surface area (Å²) in [6.45, 7) is 2.01. The number of methoxy groups -OCH3 is 1. The number of nitrogens with one attached hydrogen (secondary N) is 2. The van der Waals surface area contributed by atoms with Crippen LogP contribution in [0, 0.1) is 12.8 Å². The van der Waals surface area contributed by atoms with Crippen LogP contribution in [0.3, 0.4) is 0 Å². The fourth-order valence-electron chi connectivity index (χ4n) is 3.75. The molecular weight excluding hydrogens is 312 g/mol. The summed E-state index contributed by atoms with van der Waals surface area (Å²) in [7, 11) is 1.62. The van der Waals surface area contributed by atoms with Gasteiger partial charge in [0.1, 0.15) is 5.75 Å². The molecule has 0 radical (unpaired) electrons. The molecule has 1 aliphatic carbocycles. The molecule has 25 heavy (non-hydrogen) atoms. The van der Waals surface area contributed by atoms with E-state index in [1.165, 1.54) is 16.6 Å². The SMILES string of the molecule is COc1ccc(C)cc1NC(=O)C1CCc2[nH]c3ccccc3c2C1. The summed E-state index contributed by atoms with van der Waals surface area (Å²) in [4.78, 5) is 16.3. The Balaban J connectivity index is 1.57. The van der Waals surface area contributed by atoms with Gasteiger partial charge >= 0.3 is 0 Å². The summed E-state index contributed by atoms with van der Waals surface area (Å²) in [5.74, 6) is 0.749. The number of fused-ring (bicyclic) bond motifs is 3. The largest absolute Gasteiger partial charge is 0.495 e. The van der Waals surface area contributed by atoms with E-state index in [9.17, 15) is 4.79 Å². The molecule has 1 aromatic heterocycles. The second kappa shape index (κ2) is 6.28. The second-order valence-corrected chi connectivity index (χ2v) is 6.76. The quantitative estimate of drug-likeness (QED) is 0.753. The Morgan fingerprint density at radius 3 is 2.92 bits per heavy atom. The highest BCUT2D eigenvalue weighted by atomic mass is 16.5. The first-order valence-corrected chi connectivity index (χ1v) is 8.69. The standard InChI is InChI=1S/C21H22N2O2/c1-13-7-10-20(25-2)19(11-13)23-21(24)14-8-9-18-16(12-14)15-5-3-4-6-17(15)22-18/h3-7,10-11,14,22H,8-9,12H2,1-2H3,(H,23,24). The van der Waals surface area contributed by atoms with Gasteiger partial charge in [0, 0.05) is 22.5 Å². The van der Waals surface area contributed by atoms with Crippen molar-refractivity contribution in [1.82, 2.24) is 4.98 Å². The first kappa shape index (κ1) is 15.8. The van der Waals surface area contributed by atoms with Crippen LogP contribution in [0.1, 0.15) is 23.2 Å². The van der Waals surface area contributed by atoms with Gasteiger partial charge in [0.05, 0.1) is 12.8 Å². The predicted molar refractivity (Wildman–Crippen MR) is 100 cm³/mol. The van der Waals surface area contributed by atoms with E-state index in [1.807, 2.05) is 31.2 Å². The van der Waals surface area contributed by atoms with Gasteiger partial charge in [0.2, 0.25) is 5.91 Å². The number of H-pyrrole nitrogens is 1. The molecule has 0 saturated carbocycles. The van der Waals surface area contributed by atoms with E-state index in [0.29, 0.717) is 5.75 Å². The fraction of sp³-hybridized carbons (Fsp3) is 0.286. The third kappa shape index (κ3) is 2.88. The Morgan fingerprint density at radius 2 is 2.08 bits per heavy atom. The molecule has 0 aliphatic heterocycles. The van der Waals surface area contributed by atoms with Gasteiger partial charge in [-0.25, -0.2) is 0 Å². The molecule has 3 aromatic rings. The van der Waals surface area contributed by atoms with Crippen molar-refractivity contribution in [3.8, 4) is 5.75 Å². The van der Waals surface area contributed by atoms with Crippen molar-refractivity contribution in [2.75, 3.05) is 12.4 Å². The van der Waals surface area contributed by atoms with Gasteiger partial charge in [0.15, 0.2) is 0 Å². The molecule has 0 spiro atoms. The molecule has 4 nitrogen and oxygen atoms in total. The molecule has 4 rings (SSSR count). The first-order chi connectivity index (χ1) is 12.2. The lowest BCUT2D eigenvalue weighted by Gasteiger charge is -2.22. The highest BCUT2D eigenvalue weighted by Gasteiger charge is 2.27. The maximum absolute atomic E-state index is 12.8. The molecule has 2 aromatic carbocycles. The molecule has 2 N–H and O–H groups in total. The molecule has 1 atom stereocenters. The van der Waals surface area contributed by atoms with Crippen LogP contribution in [0.25, 0.3) is 10.9 Å². The zero-order valence-electron chi connectivity index (χ0n) is 14.6. The molecule has 0 bridgehead atoms. The minimum Gasteiger partial charge on any atom is -0.495 e. The van der Waals surface area contributed by atoms with Crippen molar-refractivity contribution in [3.05, 3.63) is 59.3 Å². The lowest BCUT2D eigenvalue weighted by molar-refractivity contribution is -0.120. The number of hydrogen-bond donors (Lipinski definition) is 2. The average Bonchev–Trinajstić information content (AvgIpc) is 2.99. The topological polar surface area (TPSA) is 54.1 Å². The van der Waals surface area contributed by atoms with Crippen molar-refractivity contribution in [2.45, 2.75) is 26.2 Å². The van der Waals surface area contributed by atoms with Crippen molar-refractivity contribution in [1.29, 1.82) is 0 Å². The summed E-state index contributed by atoms with van der Waals surface area (Å²) in [5.41, 5.74) is 5.57. The highest BCUT2D eigenvalue weighted by molar-refractivity contribution is 5.95. The molecule has 1 unspecified atom stereocenters. The van der Waals surface area contributed by atoms with Gasteiger partial charge in [-0.15, -0.1) is 0 Å². The minimum absolute atomic E-state index is 0.0167. The van der Waals surface area contributed by atoms with Gasteiger partial charge in [-0.2, -0.15) is 0 Å². The minimum atomic E-state index is -0.0167. The number of hydrogen-bond acceptors (Lipinski definition) is 2. The van der Waals surface area contributed by atoms with Crippen molar-refractivity contribution >= 4 is 22.5 Å². The number of aromatic amines is 1. The number of para-hydroxylation sites is 1. The van der Waals surface area contributed by atoms with Crippen LogP contribution in [-0.4, -0.2) is 18.0 Å². The Morgan fingerprint density at radius 1 is 1.24 bits per heavy atom. The molecular formula is C21H22N2O2. The lowest BCUT2D eigenvalue weighted by atomic mass is 9.85. The lowest BCUT2D eigenvalue weighted by Crippen LogP contribution is -2.28. The van der Waals surface area contributed by atoms with E-state index in [2.05, 4.69) is 28.5 Å².